The average molecular weight is 930 g/mol. The Labute approximate surface area is 399 Å². The molecule has 342 valence electrons. The fraction of sp³-hybridized carbons (Fsp3) is 0.0984. The van der Waals surface area contributed by atoms with Crippen LogP contribution in [0, 0.1) is 39.0 Å². The van der Waals surface area contributed by atoms with Crippen molar-refractivity contribution in [3.63, 3.8) is 0 Å². The number of alkyl halides is 6. The third kappa shape index (κ3) is 7.39. The molecule has 0 aliphatic heterocycles. The number of hydrogen-bond acceptors (Lipinski definition) is 1. The van der Waals surface area contributed by atoms with Crippen molar-refractivity contribution in [2.75, 3.05) is 0 Å². The molecule has 3 nitrogen and oxygen atoms in total. The first kappa shape index (κ1) is 44.2. The van der Waals surface area contributed by atoms with Crippen LogP contribution in [0.3, 0.4) is 0 Å². The predicted molar refractivity (Wildman–Crippen MR) is 271 cm³/mol. The zero-order valence-electron chi connectivity index (χ0n) is 38.4. The molecule has 0 aliphatic carbocycles. The lowest BCUT2D eigenvalue weighted by molar-refractivity contribution is -0.142. The molecule has 0 unspecified atom stereocenters. The van der Waals surface area contributed by atoms with Crippen LogP contribution in [-0.2, 0) is 12.4 Å². The molecule has 0 radical (unpaired) electrons. The summed E-state index contributed by atoms with van der Waals surface area (Å²) in [6.45, 7) is 8.28. The van der Waals surface area contributed by atoms with Gasteiger partial charge in [0, 0.05) is 32.7 Å². The molecular weight excluding hydrogens is 889 g/mol. The summed E-state index contributed by atoms with van der Waals surface area (Å²) in [5.74, 6) is 0. The molecule has 0 saturated carbocycles. The first-order valence-corrected chi connectivity index (χ1v) is 22.8. The fourth-order valence-electron chi connectivity index (χ4n) is 10.4. The topological polar surface area (TPSA) is 33.6 Å². The Morgan fingerprint density at radius 3 is 1.33 bits per heavy atom. The van der Waals surface area contributed by atoms with Crippen LogP contribution in [0.5, 0.6) is 0 Å². The second kappa shape index (κ2) is 16.4. The maximum atomic E-state index is 15.0. The summed E-state index contributed by atoms with van der Waals surface area (Å²) in [6, 6.07) is 55.5. The minimum absolute atomic E-state index is 0.0728. The Balaban J connectivity index is 1.22. The van der Waals surface area contributed by atoms with E-state index >= 15 is 0 Å². The van der Waals surface area contributed by atoms with Gasteiger partial charge in [-0.25, -0.2) is 0 Å². The highest BCUT2D eigenvalue weighted by atomic mass is 19.4. The van der Waals surface area contributed by atoms with Gasteiger partial charge in [0.25, 0.3) is 0 Å². The van der Waals surface area contributed by atoms with E-state index in [1.54, 1.807) is 18.2 Å². The van der Waals surface area contributed by atoms with Gasteiger partial charge in [-0.1, -0.05) is 120 Å². The highest BCUT2D eigenvalue weighted by molar-refractivity contribution is 6.13. The van der Waals surface area contributed by atoms with Crippen LogP contribution in [-0.4, -0.2) is 9.13 Å². The maximum absolute atomic E-state index is 15.0. The minimum Gasteiger partial charge on any atom is -0.309 e. The van der Waals surface area contributed by atoms with Crippen LogP contribution in [0.4, 0.5) is 26.3 Å². The SMILES string of the molecule is Cc1ccc(-c2ccc3c(c2)c2ccccc2n3-c2cc(C#N)ccc2-c2ccc(-c3ccc(C(F)(F)F)cc3C(F)(F)F)cc2-n2c3ccccc3c3cc(-c4ccc(C)cc4C)ccc32)c(C)c1. The molecule has 2 heterocycles. The van der Waals surface area contributed by atoms with E-state index in [0.29, 0.717) is 34.1 Å². The molecule has 11 rings (SSSR count). The van der Waals surface area contributed by atoms with E-state index in [4.69, 9.17) is 0 Å². The van der Waals surface area contributed by atoms with Gasteiger partial charge < -0.3 is 9.13 Å². The Morgan fingerprint density at radius 1 is 0.386 bits per heavy atom. The zero-order valence-corrected chi connectivity index (χ0v) is 38.4. The van der Waals surface area contributed by atoms with E-state index in [2.05, 4.69) is 98.1 Å². The Bertz CT molecular complexity index is 3990. The number of aromatic nitrogens is 2. The molecule has 11 aromatic rings. The molecular formula is C61H41F6N3. The number of halogens is 6. The lowest BCUT2D eigenvalue weighted by Crippen LogP contribution is -2.12. The number of hydrogen-bond donors (Lipinski definition) is 0. The van der Waals surface area contributed by atoms with Crippen molar-refractivity contribution in [3.8, 4) is 62.0 Å². The van der Waals surface area contributed by atoms with Gasteiger partial charge in [-0.3, -0.25) is 0 Å². The van der Waals surface area contributed by atoms with Crippen molar-refractivity contribution >= 4 is 43.6 Å². The molecule has 0 amide bonds. The van der Waals surface area contributed by atoms with E-state index in [-0.39, 0.29) is 11.6 Å². The van der Waals surface area contributed by atoms with Crippen LogP contribution < -0.4 is 0 Å². The van der Waals surface area contributed by atoms with E-state index in [0.717, 1.165) is 88.6 Å². The van der Waals surface area contributed by atoms with Gasteiger partial charge >= 0.3 is 12.4 Å². The number of aryl methyl sites for hydroxylation is 4. The summed E-state index contributed by atoms with van der Waals surface area (Å²) in [4.78, 5) is 0. The lowest BCUT2D eigenvalue weighted by Gasteiger charge is -2.21. The Kier molecular flexibility index (Phi) is 10.4. The lowest BCUT2D eigenvalue weighted by atomic mass is 9.92. The zero-order chi connectivity index (χ0) is 48.8. The quantitative estimate of drug-likeness (QED) is 0.153. The average Bonchev–Trinajstić information content (AvgIpc) is 3.85. The van der Waals surface area contributed by atoms with Gasteiger partial charge in [0.15, 0.2) is 0 Å². The third-order valence-electron chi connectivity index (χ3n) is 13.6. The second-order valence-electron chi connectivity index (χ2n) is 18.1. The van der Waals surface area contributed by atoms with Gasteiger partial charge in [-0.05, 0) is 139 Å². The van der Waals surface area contributed by atoms with E-state index in [9.17, 15) is 31.6 Å². The molecule has 0 spiro atoms. The minimum atomic E-state index is -5.11. The number of benzene rings is 9. The summed E-state index contributed by atoms with van der Waals surface area (Å²) in [6.07, 6.45) is -10.1. The summed E-state index contributed by atoms with van der Waals surface area (Å²) < 4.78 is 91.0. The molecule has 2 aromatic heterocycles. The molecule has 9 heteroatoms. The number of nitriles is 1. The molecule has 9 aromatic carbocycles. The summed E-state index contributed by atoms with van der Waals surface area (Å²) in [5, 5.41) is 14.2. The van der Waals surface area contributed by atoms with Crippen LogP contribution in [0.15, 0.2) is 176 Å². The molecule has 0 fully saturated rings. The van der Waals surface area contributed by atoms with Crippen LogP contribution in [0.1, 0.15) is 38.9 Å². The van der Waals surface area contributed by atoms with Crippen molar-refractivity contribution in [2.45, 2.75) is 40.0 Å². The number of rotatable bonds is 6. The van der Waals surface area contributed by atoms with Crippen molar-refractivity contribution in [1.29, 1.82) is 5.26 Å². The summed E-state index contributed by atoms with van der Waals surface area (Å²) in [7, 11) is 0. The third-order valence-corrected chi connectivity index (χ3v) is 13.6. The first-order chi connectivity index (χ1) is 33.6. The molecule has 0 saturated heterocycles. The normalized spacial score (nSPS) is 12.1. The van der Waals surface area contributed by atoms with Crippen molar-refractivity contribution < 1.29 is 26.3 Å². The predicted octanol–water partition coefficient (Wildman–Crippen LogP) is 17.7. The number of para-hydroxylation sites is 2. The fourth-order valence-corrected chi connectivity index (χ4v) is 10.4. The standard InChI is InChI=1S/C61H41F6N3/c1-35-13-20-44(37(3)27-35)40-17-25-56-51(30-40)47-9-5-7-11-54(47)69(56)58-29-39(34-68)15-22-49(58)50-23-16-42(46-24-19-43(60(62,63)64)33-53(46)61(65,66)67)32-59(50)70-55-12-8-6-10-48(55)52-31-41(18-26-57(52)70)45-21-14-36(2)28-38(45)4/h5-33H,1-4H3. The molecule has 70 heavy (non-hydrogen) atoms. The Hall–Kier alpha value is -8.35. The molecule has 0 atom stereocenters. The first-order valence-electron chi connectivity index (χ1n) is 22.8. The van der Waals surface area contributed by atoms with Crippen LogP contribution in [0.25, 0.3) is 99.5 Å². The highest BCUT2D eigenvalue weighted by Crippen LogP contribution is 2.46. The van der Waals surface area contributed by atoms with Crippen molar-refractivity contribution in [1.82, 2.24) is 9.13 Å². The van der Waals surface area contributed by atoms with E-state index < -0.39 is 29.0 Å². The molecule has 0 N–H and O–H groups in total. The van der Waals surface area contributed by atoms with Crippen LogP contribution >= 0.6 is 0 Å². The molecule has 0 aliphatic rings. The van der Waals surface area contributed by atoms with Gasteiger partial charge in [0.05, 0.1) is 56.2 Å². The van der Waals surface area contributed by atoms with E-state index in [1.165, 1.54) is 11.6 Å². The summed E-state index contributed by atoms with van der Waals surface area (Å²) >= 11 is 0. The summed E-state index contributed by atoms with van der Waals surface area (Å²) in [5.41, 5.74) is 11.7. The number of nitrogens with zero attached hydrogens (tertiary/aromatic N) is 3. The van der Waals surface area contributed by atoms with E-state index in [1.807, 2.05) is 78.2 Å². The Morgan fingerprint density at radius 2 is 0.829 bits per heavy atom. The van der Waals surface area contributed by atoms with Gasteiger partial charge in [-0.2, -0.15) is 31.6 Å². The smallest absolute Gasteiger partial charge is 0.309 e. The molecule has 0 bridgehead atoms. The van der Waals surface area contributed by atoms with Crippen LogP contribution in [0.2, 0.25) is 0 Å². The monoisotopic (exact) mass is 929 g/mol. The van der Waals surface area contributed by atoms with Gasteiger partial charge in [-0.15, -0.1) is 0 Å². The van der Waals surface area contributed by atoms with Gasteiger partial charge in [0.2, 0.25) is 0 Å². The highest BCUT2D eigenvalue weighted by Gasteiger charge is 2.38. The number of fused-ring (bicyclic) bond motifs is 6. The second-order valence-corrected chi connectivity index (χ2v) is 18.1. The maximum Gasteiger partial charge on any atom is 0.417 e. The van der Waals surface area contributed by atoms with Crippen molar-refractivity contribution in [2.24, 2.45) is 0 Å². The van der Waals surface area contributed by atoms with Crippen molar-refractivity contribution in [3.05, 3.63) is 215 Å². The largest absolute Gasteiger partial charge is 0.417 e. The van der Waals surface area contributed by atoms with Gasteiger partial charge in [0.1, 0.15) is 0 Å².